The van der Waals surface area contributed by atoms with Crippen molar-refractivity contribution >= 4 is 0 Å². The van der Waals surface area contributed by atoms with Crippen molar-refractivity contribution in [1.82, 2.24) is 0 Å². The topological polar surface area (TPSA) is 18.5 Å². The van der Waals surface area contributed by atoms with Gasteiger partial charge in [-0.2, -0.15) is 0 Å². The zero-order valence-corrected chi connectivity index (χ0v) is 9.12. The van der Waals surface area contributed by atoms with E-state index >= 15 is 0 Å². The van der Waals surface area contributed by atoms with Gasteiger partial charge in [0.2, 0.25) is 0 Å². The Morgan fingerprint density at radius 2 is 1.79 bits per heavy atom. The molecule has 0 atom stereocenters. The predicted molar refractivity (Wildman–Crippen MR) is 57.2 cm³/mol. The molecule has 14 heavy (non-hydrogen) atoms. The lowest BCUT2D eigenvalue weighted by Crippen LogP contribution is -2.29. The second-order valence-corrected chi connectivity index (χ2v) is 3.97. The highest BCUT2D eigenvalue weighted by molar-refractivity contribution is 5.13. The first-order valence-corrected chi connectivity index (χ1v) is 4.81. The molecule has 0 saturated heterocycles. The van der Waals surface area contributed by atoms with Gasteiger partial charge in [-0.05, 0) is 19.4 Å². The summed E-state index contributed by atoms with van der Waals surface area (Å²) >= 11 is 0. The van der Waals surface area contributed by atoms with Crippen LogP contribution in [0.2, 0.25) is 0 Å². The Hall–Kier alpha value is -0.860. The summed E-state index contributed by atoms with van der Waals surface area (Å²) < 4.78 is 10.8. The molecule has 0 amide bonds. The molecule has 0 heterocycles. The highest BCUT2D eigenvalue weighted by Crippen LogP contribution is 2.12. The van der Waals surface area contributed by atoms with Crippen LogP contribution in [0.25, 0.3) is 0 Å². The summed E-state index contributed by atoms with van der Waals surface area (Å²) in [5.41, 5.74) is 0.974. The van der Waals surface area contributed by atoms with Crippen LogP contribution in [-0.2, 0) is 16.1 Å². The molecule has 0 bridgehead atoms. The van der Waals surface area contributed by atoms with E-state index in [0.29, 0.717) is 13.2 Å². The monoisotopic (exact) mass is 194 g/mol. The second kappa shape index (κ2) is 5.13. The fraction of sp³-hybridized carbons (Fsp3) is 0.500. The van der Waals surface area contributed by atoms with Gasteiger partial charge in [0, 0.05) is 7.11 Å². The van der Waals surface area contributed by atoms with Crippen molar-refractivity contribution in [3.63, 3.8) is 0 Å². The maximum absolute atomic E-state index is 5.73. The zero-order valence-electron chi connectivity index (χ0n) is 9.12. The van der Waals surface area contributed by atoms with Crippen molar-refractivity contribution in [2.75, 3.05) is 13.7 Å². The highest BCUT2D eigenvalue weighted by Gasteiger charge is 2.17. The summed E-state index contributed by atoms with van der Waals surface area (Å²) in [7, 11) is 1.69. The van der Waals surface area contributed by atoms with Gasteiger partial charge in [0.25, 0.3) is 0 Å². The molecule has 1 rings (SSSR count). The molecule has 0 N–H and O–H groups in total. The molecule has 0 aromatic heterocycles. The molecule has 0 radical (unpaired) electrons. The van der Waals surface area contributed by atoms with E-state index in [-0.39, 0.29) is 5.60 Å². The average molecular weight is 194 g/mol. The third-order valence-corrected chi connectivity index (χ3v) is 1.96. The van der Waals surface area contributed by atoms with Crippen molar-refractivity contribution < 1.29 is 9.47 Å². The lowest BCUT2D eigenvalue weighted by molar-refractivity contribution is -0.0736. The van der Waals surface area contributed by atoms with Crippen molar-refractivity contribution in [3.05, 3.63) is 35.9 Å². The molecule has 2 heteroatoms. The van der Waals surface area contributed by atoms with Gasteiger partial charge in [0.1, 0.15) is 0 Å². The van der Waals surface area contributed by atoms with Crippen LogP contribution < -0.4 is 0 Å². The molecule has 78 valence electrons. The van der Waals surface area contributed by atoms with Gasteiger partial charge in [-0.15, -0.1) is 0 Å². The number of methoxy groups -OCH3 is 1. The van der Waals surface area contributed by atoms with Crippen LogP contribution >= 0.6 is 0 Å². The van der Waals surface area contributed by atoms with Crippen LogP contribution in [0.3, 0.4) is 0 Å². The van der Waals surface area contributed by atoms with Crippen LogP contribution in [0.5, 0.6) is 0 Å². The molecule has 0 saturated carbocycles. The molecular weight excluding hydrogens is 176 g/mol. The Balaban J connectivity index is 2.40. The molecule has 1 aromatic carbocycles. The largest absolute Gasteiger partial charge is 0.382 e. The molecule has 0 fully saturated rings. The molecule has 0 aliphatic heterocycles. The van der Waals surface area contributed by atoms with Crippen LogP contribution in [0.4, 0.5) is 0 Å². The minimum Gasteiger partial charge on any atom is -0.382 e. The van der Waals surface area contributed by atoms with E-state index in [2.05, 4.69) is 12.1 Å². The lowest BCUT2D eigenvalue weighted by Gasteiger charge is -2.24. The first kappa shape index (κ1) is 11.2. The molecule has 0 aliphatic carbocycles. The summed E-state index contributed by atoms with van der Waals surface area (Å²) in [6.45, 7) is 5.30. The molecule has 1 aromatic rings. The Labute approximate surface area is 85.8 Å². The minimum absolute atomic E-state index is 0.218. The molecule has 2 nitrogen and oxygen atoms in total. The van der Waals surface area contributed by atoms with E-state index in [1.807, 2.05) is 32.0 Å². The first-order chi connectivity index (χ1) is 6.64. The Morgan fingerprint density at radius 3 is 2.36 bits per heavy atom. The Kier molecular flexibility index (Phi) is 4.11. The van der Waals surface area contributed by atoms with Gasteiger partial charge < -0.3 is 9.47 Å². The highest BCUT2D eigenvalue weighted by atomic mass is 16.5. The number of rotatable bonds is 5. The fourth-order valence-electron chi connectivity index (χ4n) is 1.24. The van der Waals surface area contributed by atoms with Crippen LogP contribution in [0.15, 0.2) is 30.3 Å². The van der Waals surface area contributed by atoms with Gasteiger partial charge >= 0.3 is 0 Å². The van der Waals surface area contributed by atoms with Crippen LogP contribution in [-0.4, -0.2) is 19.3 Å². The quantitative estimate of drug-likeness (QED) is 0.717. The number of hydrogen-bond acceptors (Lipinski definition) is 2. The second-order valence-electron chi connectivity index (χ2n) is 3.97. The van der Waals surface area contributed by atoms with Crippen molar-refractivity contribution in [3.8, 4) is 0 Å². The minimum atomic E-state index is -0.218. The smallest absolute Gasteiger partial charge is 0.0863 e. The molecule has 0 spiro atoms. The van der Waals surface area contributed by atoms with E-state index in [4.69, 9.17) is 9.47 Å². The summed E-state index contributed by atoms with van der Waals surface area (Å²) in [6, 6.07) is 10.2. The van der Waals surface area contributed by atoms with Gasteiger partial charge in [-0.25, -0.2) is 0 Å². The number of ether oxygens (including phenoxy) is 2. The summed E-state index contributed by atoms with van der Waals surface area (Å²) in [5, 5.41) is 0. The SMILES string of the molecule is COCC(C)(C)OCc1ccccc1. The maximum Gasteiger partial charge on any atom is 0.0863 e. The maximum atomic E-state index is 5.73. The number of benzene rings is 1. The van der Waals surface area contributed by atoms with E-state index in [1.54, 1.807) is 7.11 Å². The number of hydrogen-bond donors (Lipinski definition) is 0. The van der Waals surface area contributed by atoms with Gasteiger partial charge in [0.15, 0.2) is 0 Å². The van der Waals surface area contributed by atoms with Crippen LogP contribution in [0, 0.1) is 0 Å². The normalized spacial score (nSPS) is 11.6. The van der Waals surface area contributed by atoms with E-state index < -0.39 is 0 Å². The van der Waals surface area contributed by atoms with E-state index in [1.165, 1.54) is 5.56 Å². The van der Waals surface area contributed by atoms with E-state index in [0.717, 1.165) is 0 Å². The van der Waals surface area contributed by atoms with Crippen molar-refractivity contribution in [2.24, 2.45) is 0 Å². The van der Waals surface area contributed by atoms with Crippen LogP contribution in [0.1, 0.15) is 19.4 Å². The lowest BCUT2D eigenvalue weighted by atomic mass is 10.1. The summed E-state index contributed by atoms with van der Waals surface area (Å²) in [5.74, 6) is 0. The van der Waals surface area contributed by atoms with Gasteiger partial charge in [-0.1, -0.05) is 30.3 Å². The van der Waals surface area contributed by atoms with Gasteiger partial charge in [-0.3, -0.25) is 0 Å². The Bertz CT molecular complexity index is 254. The van der Waals surface area contributed by atoms with Crippen molar-refractivity contribution in [2.45, 2.75) is 26.1 Å². The fourth-order valence-corrected chi connectivity index (χ4v) is 1.24. The zero-order chi connectivity index (χ0) is 10.4. The first-order valence-electron chi connectivity index (χ1n) is 4.81. The third-order valence-electron chi connectivity index (χ3n) is 1.96. The third kappa shape index (κ3) is 3.90. The van der Waals surface area contributed by atoms with Crippen molar-refractivity contribution in [1.29, 1.82) is 0 Å². The molecular formula is C12H18O2. The average Bonchev–Trinajstić information content (AvgIpc) is 2.17. The van der Waals surface area contributed by atoms with E-state index in [9.17, 15) is 0 Å². The Morgan fingerprint density at radius 1 is 1.14 bits per heavy atom. The summed E-state index contributed by atoms with van der Waals surface area (Å²) in [4.78, 5) is 0. The molecule has 0 unspecified atom stereocenters. The standard InChI is InChI=1S/C12H18O2/c1-12(2,10-13-3)14-9-11-7-5-4-6-8-11/h4-8H,9-10H2,1-3H3. The summed E-state index contributed by atoms with van der Waals surface area (Å²) in [6.07, 6.45) is 0. The molecule has 0 aliphatic rings. The van der Waals surface area contributed by atoms with Gasteiger partial charge in [0.05, 0.1) is 18.8 Å². The predicted octanol–water partition coefficient (Wildman–Crippen LogP) is 2.63.